The molecule has 1 unspecified atom stereocenters. The lowest BCUT2D eigenvalue weighted by molar-refractivity contribution is 0.500. The van der Waals surface area contributed by atoms with Crippen LogP contribution in [0.4, 0.5) is 0 Å². The van der Waals surface area contributed by atoms with Crippen LogP contribution in [0.1, 0.15) is 25.5 Å². The summed E-state index contributed by atoms with van der Waals surface area (Å²) in [4.78, 5) is 0. The molecule has 17 heavy (non-hydrogen) atoms. The molecule has 0 aliphatic heterocycles. The number of halogens is 1. The summed E-state index contributed by atoms with van der Waals surface area (Å²) in [5.41, 5.74) is 1.15. The van der Waals surface area contributed by atoms with E-state index in [0.29, 0.717) is 0 Å². The Balaban J connectivity index is 2.60. The molecule has 0 saturated heterocycles. The Hall–Kier alpha value is -0.390. The first-order valence-electron chi connectivity index (χ1n) is 5.47. The second-order valence-electron chi connectivity index (χ2n) is 4.43. The van der Waals surface area contributed by atoms with Crippen molar-refractivity contribution in [3.8, 4) is 0 Å². The zero-order chi connectivity index (χ0) is 13.1. The van der Waals surface area contributed by atoms with Gasteiger partial charge in [0.05, 0.1) is 5.75 Å². The third kappa shape index (κ3) is 5.66. The van der Waals surface area contributed by atoms with Crippen LogP contribution >= 0.6 is 15.9 Å². The third-order valence-corrected chi connectivity index (χ3v) is 4.09. The Morgan fingerprint density at radius 2 is 1.76 bits per heavy atom. The molecule has 0 spiro atoms. The molecule has 1 aromatic carbocycles. The molecule has 0 bridgehead atoms. The first-order chi connectivity index (χ1) is 7.78. The molecular weight excluding hydrogens is 302 g/mol. The molecule has 0 saturated carbocycles. The maximum atomic E-state index is 11.2. The van der Waals surface area contributed by atoms with Crippen molar-refractivity contribution in [2.45, 2.75) is 25.9 Å². The van der Waals surface area contributed by atoms with Gasteiger partial charge in [-0.1, -0.05) is 28.1 Å². The van der Waals surface area contributed by atoms with Gasteiger partial charge in [-0.05, 0) is 31.5 Å². The Morgan fingerprint density at radius 1 is 1.24 bits per heavy atom. The Morgan fingerprint density at radius 3 is 2.24 bits per heavy atom. The number of sulfone groups is 1. The average molecular weight is 320 g/mol. The van der Waals surface area contributed by atoms with Gasteiger partial charge in [-0.15, -0.1) is 0 Å². The molecule has 0 radical (unpaired) electrons. The van der Waals surface area contributed by atoms with E-state index in [1.54, 1.807) is 0 Å². The van der Waals surface area contributed by atoms with E-state index in [-0.39, 0.29) is 17.8 Å². The summed E-state index contributed by atoms with van der Waals surface area (Å²) in [7, 11) is -2.93. The van der Waals surface area contributed by atoms with E-state index in [2.05, 4.69) is 21.2 Å². The molecule has 0 fully saturated rings. The largest absolute Gasteiger partial charge is 0.307 e. The normalized spacial score (nSPS) is 15.5. The molecule has 1 rings (SSSR count). The smallest absolute Gasteiger partial charge is 0.148 e. The maximum absolute atomic E-state index is 11.2. The maximum Gasteiger partial charge on any atom is 0.148 e. The predicted molar refractivity (Wildman–Crippen MR) is 74.9 cm³/mol. The number of rotatable bonds is 5. The van der Waals surface area contributed by atoms with E-state index in [0.717, 1.165) is 10.0 Å². The summed E-state index contributed by atoms with van der Waals surface area (Å²) in [6.45, 7) is 3.92. The van der Waals surface area contributed by atoms with Gasteiger partial charge >= 0.3 is 0 Å². The van der Waals surface area contributed by atoms with Gasteiger partial charge in [-0.3, -0.25) is 0 Å². The number of hydrogen-bond donors (Lipinski definition) is 1. The highest BCUT2D eigenvalue weighted by Crippen LogP contribution is 2.17. The first kappa shape index (κ1) is 14.7. The Kier molecular flexibility index (Phi) is 5.16. The lowest BCUT2D eigenvalue weighted by Gasteiger charge is -2.19. The van der Waals surface area contributed by atoms with Crippen LogP contribution in [0.25, 0.3) is 0 Å². The predicted octanol–water partition coefficient (Wildman–Crippen LogP) is 2.53. The summed E-state index contributed by atoms with van der Waals surface area (Å²) in [6, 6.07) is 8.09. The van der Waals surface area contributed by atoms with Crippen molar-refractivity contribution in [2.24, 2.45) is 0 Å². The van der Waals surface area contributed by atoms with Gasteiger partial charge < -0.3 is 5.32 Å². The zero-order valence-corrected chi connectivity index (χ0v) is 12.7. The lowest BCUT2D eigenvalue weighted by Crippen LogP contribution is -2.34. The molecule has 0 aromatic heterocycles. The van der Waals surface area contributed by atoms with E-state index < -0.39 is 9.84 Å². The molecular formula is C12H18BrNO2S. The van der Waals surface area contributed by atoms with Crippen LogP contribution in [-0.4, -0.2) is 26.5 Å². The fourth-order valence-electron chi connectivity index (χ4n) is 1.78. The molecule has 0 heterocycles. The molecule has 0 aliphatic carbocycles. The molecule has 0 amide bonds. The third-order valence-electron chi connectivity index (χ3n) is 2.46. The van der Waals surface area contributed by atoms with Crippen LogP contribution in [0.2, 0.25) is 0 Å². The van der Waals surface area contributed by atoms with Crippen molar-refractivity contribution in [1.82, 2.24) is 5.32 Å². The highest BCUT2D eigenvalue weighted by Gasteiger charge is 2.13. The van der Waals surface area contributed by atoms with Crippen LogP contribution < -0.4 is 5.32 Å². The molecule has 96 valence electrons. The van der Waals surface area contributed by atoms with Gasteiger partial charge in [-0.2, -0.15) is 0 Å². The van der Waals surface area contributed by atoms with Crippen LogP contribution in [-0.2, 0) is 9.84 Å². The molecule has 1 N–H and O–H groups in total. The van der Waals surface area contributed by atoms with E-state index in [1.807, 2.05) is 38.1 Å². The highest BCUT2D eigenvalue weighted by atomic mass is 79.9. The van der Waals surface area contributed by atoms with Gasteiger partial charge in [0.15, 0.2) is 0 Å². The summed E-state index contributed by atoms with van der Waals surface area (Å²) in [5, 5.41) is 3.28. The quantitative estimate of drug-likeness (QED) is 0.907. The first-order valence-corrected chi connectivity index (χ1v) is 8.32. The van der Waals surface area contributed by atoms with Crippen LogP contribution in [0, 0.1) is 0 Å². The lowest BCUT2D eigenvalue weighted by atomic mass is 10.1. The summed E-state index contributed by atoms with van der Waals surface area (Å²) >= 11 is 3.39. The Bertz CT molecular complexity index is 456. The fourth-order valence-corrected chi connectivity index (χ4v) is 3.05. The van der Waals surface area contributed by atoms with Gasteiger partial charge in [0, 0.05) is 22.8 Å². The second-order valence-corrected chi connectivity index (χ2v) is 7.53. The SMILES string of the molecule is CC(CS(C)(=O)=O)N[C@H](C)c1ccc(Br)cc1. The minimum absolute atomic E-state index is 0.0522. The fraction of sp³-hybridized carbons (Fsp3) is 0.500. The topological polar surface area (TPSA) is 46.2 Å². The minimum Gasteiger partial charge on any atom is -0.307 e. The Labute approximate surface area is 112 Å². The summed E-state index contributed by atoms with van der Waals surface area (Å²) < 4.78 is 23.4. The standard InChI is InChI=1S/C12H18BrNO2S/c1-9(8-17(3,15)16)14-10(2)11-4-6-12(13)7-5-11/h4-7,9-10,14H,8H2,1-3H3/t9?,10-/m1/s1. The van der Waals surface area contributed by atoms with E-state index in [1.165, 1.54) is 6.26 Å². The second kappa shape index (κ2) is 5.98. The van der Waals surface area contributed by atoms with Crippen LogP contribution in [0.5, 0.6) is 0 Å². The van der Waals surface area contributed by atoms with E-state index >= 15 is 0 Å². The van der Waals surface area contributed by atoms with Gasteiger partial charge in [0.25, 0.3) is 0 Å². The summed E-state index contributed by atoms with van der Waals surface area (Å²) in [5.74, 6) is 0.161. The monoisotopic (exact) mass is 319 g/mol. The molecule has 3 nitrogen and oxygen atoms in total. The van der Waals surface area contributed by atoms with Crippen molar-refractivity contribution in [2.75, 3.05) is 12.0 Å². The summed E-state index contributed by atoms with van der Waals surface area (Å²) in [6.07, 6.45) is 1.26. The van der Waals surface area contributed by atoms with E-state index in [4.69, 9.17) is 0 Å². The van der Waals surface area contributed by atoms with Crippen LogP contribution in [0.3, 0.4) is 0 Å². The number of hydrogen-bond acceptors (Lipinski definition) is 3. The molecule has 1 aromatic rings. The minimum atomic E-state index is -2.93. The van der Waals surface area contributed by atoms with Gasteiger partial charge in [0.1, 0.15) is 9.84 Å². The van der Waals surface area contributed by atoms with Gasteiger partial charge in [0.2, 0.25) is 0 Å². The average Bonchev–Trinajstić information content (AvgIpc) is 2.15. The van der Waals surface area contributed by atoms with Crippen molar-refractivity contribution in [1.29, 1.82) is 0 Å². The van der Waals surface area contributed by atoms with Crippen LogP contribution in [0.15, 0.2) is 28.7 Å². The van der Waals surface area contributed by atoms with Gasteiger partial charge in [-0.25, -0.2) is 8.42 Å². The molecule has 0 aliphatic rings. The van der Waals surface area contributed by atoms with E-state index in [9.17, 15) is 8.42 Å². The molecule has 5 heteroatoms. The highest BCUT2D eigenvalue weighted by molar-refractivity contribution is 9.10. The van der Waals surface area contributed by atoms with Crippen molar-refractivity contribution in [3.05, 3.63) is 34.3 Å². The van der Waals surface area contributed by atoms with Crippen molar-refractivity contribution < 1.29 is 8.42 Å². The number of benzene rings is 1. The van der Waals surface area contributed by atoms with Crippen molar-refractivity contribution >= 4 is 25.8 Å². The van der Waals surface area contributed by atoms with Crippen molar-refractivity contribution in [3.63, 3.8) is 0 Å². The number of nitrogens with one attached hydrogen (secondary N) is 1. The molecule has 2 atom stereocenters. The zero-order valence-electron chi connectivity index (χ0n) is 10.3.